The summed E-state index contributed by atoms with van der Waals surface area (Å²) in [5, 5.41) is 0. The lowest BCUT2D eigenvalue weighted by Gasteiger charge is -2.45. The Kier molecular flexibility index (Phi) is 4.42. The van der Waals surface area contributed by atoms with Gasteiger partial charge in [-0.05, 0) is 73.9 Å². The molecule has 3 aromatic rings. The quantitative estimate of drug-likeness (QED) is 0.508. The zero-order chi connectivity index (χ0) is 20.9. The first-order valence-corrected chi connectivity index (χ1v) is 10.3. The van der Waals surface area contributed by atoms with Crippen molar-refractivity contribution in [2.75, 3.05) is 0 Å². The van der Waals surface area contributed by atoms with Gasteiger partial charge in [-0.15, -0.1) is 0 Å². The van der Waals surface area contributed by atoms with E-state index in [1.54, 1.807) is 30.6 Å². The van der Waals surface area contributed by atoms with Gasteiger partial charge in [-0.3, -0.25) is 4.79 Å². The van der Waals surface area contributed by atoms with Gasteiger partial charge in [0, 0.05) is 29.0 Å². The number of ketones is 1. The number of halogens is 2. The molecule has 5 rings (SSSR count). The largest absolute Gasteiger partial charge is 0.330 e. The molecule has 0 spiro atoms. The summed E-state index contributed by atoms with van der Waals surface area (Å²) in [5.41, 5.74) is 4.22. The maximum atomic E-state index is 13.3. The number of fused-ring (bicyclic) bond motifs is 2. The van der Waals surface area contributed by atoms with Gasteiger partial charge in [0.1, 0.15) is 11.6 Å². The lowest BCUT2D eigenvalue weighted by atomic mass is 9.61. The molecular weight excluding hydrogens is 382 g/mol. The van der Waals surface area contributed by atoms with Crippen LogP contribution in [-0.4, -0.2) is 15.3 Å². The average molecular weight is 404 g/mol. The number of carbonyl (C=O) groups is 1. The first kappa shape index (κ1) is 18.9. The van der Waals surface area contributed by atoms with E-state index in [0.717, 1.165) is 36.2 Å². The van der Waals surface area contributed by atoms with Crippen molar-refractivity contribution in [2.24, 2.45) is 11.3 Å². The van der Waals surface area contributed by atoms with Gasteiger partial charge >= 0.3 is 0 Å². The minimum Gasteiger partial charge on any atom is -0.330 e. The average Bonchev–Trinajstić information content (AvgIpc) is 3.14. The Balaban J connectivity index is 1.52. The summed E-state index contributed by atoms with van der Waals surface area (Å²) in [6.45, 7) is 2.82. The predicted molar refractivity (Wildman–Crippen MR) is 112 cm³/mol. The molecule has 30 heavy (non-hydrogen) atoms. The van der Waals surface area contributed by atoms with Crippen LogP contribution in [0.4, 0.5) is 8.78 Å². The van der Waals surface area contributed by atoms with Crippen molar-refractivity contribution >= 4 is 11.9 Å². The monoisotopic (exact) mass is 404 g/mol. The van der Waals surface area contributed by atoms with Crippen LogP contribution in [-0.2, 0) is 6.54 Å². The van der Waals surface area contributed by atoms with Gasteiger partial charge in [0.15, 0.2) is 5.78 Å². The third-order valence-electron chi connectivity index (χ3n) is 6.69. The molecule has 1 saturated carbocycles. The Labute approximate surface area is 174 Å². The van der Waals surface area contributed by atoms with Gasteiger partial charge in [0.2, 0.25) is 0 Å². The van der Waals surface area contributed by atoms with Gasteiger partial charge in [-0.25, -0.2) is 13.8 Å². The fourth-order valence-corrected chi connectivity index (χ4v) is 5.03. The van der Waals surface area contributed by atoms with Crippen molar-refractivity contribution in [2.45, 2.75) is 32.7 Å². The van der Waals surface area contributed by atoms with Crippen LogP contribution < -0.4 is 0 Å². The number of nitrogens with zero attached hydrogens (tertiary/aromatic N) is 2. The van der Waals surface area contributed by atoms with Crippen LogP contribution in [0.5, 0.6) is 0 Å². The highest BCUT2D eigenvalue weighted by Crippen LogP contribution is 2.51. The third kappa shape index (κ3) is 3.00. The minimum absolute atomic E-state index is 0.0745. The van der Waals surface area contributed by atoms with E-state index in [1.807, 2.05) is 0 Å². The number of rotatable bonds is 3. The molecule has 1 aliphatic carbocycles. The molecule has 2 aliphatic rings. The van der Waals surface area contributed by atoms with Gasteiger partial charge in [-0.1, -0.05) is 12.5 Å². The summed E-state index contributed by atoms with van der Waals surface area (Å²) >= 11 is 0. The van der Waals surface area contributed by atoms with E-state index in [1.165, 1.54) is 29.8 Å². The Morgan fingerprint density at radius 2 is 1.73 bits per heavy atom. The van der Waals surface area contributed by atoms with E-state index < -0.39 is 0 Å². The van der Waals surface area contributed by atoms with Crippen LogP contribution in [0.2, 0.25) is 0 Å². The maximum Gasteiger partial charge on any atom is 0.166 e. The van der Waals surface area contributed by atoms with Gasteiger partial charge < -0.3 is 4.57 Å². The molecule has 0 radical (unpaired) electrons. The highest BCUT2D eigenvalue weighted by molar-refractivity contribution is 5.99. The molecule has 2 atom stereocenters. The molecule has 0 saturated heterocycles. The lowest BCUT2D eigenvalue weighted by molar-refractivity contribution is 0.0727. The van der Waals surface area contributed by atoms with E-state index in [-0.39, 0.29) is 28.8 Å². The summed E-state index contributed by atoms with van der Waals surface area (Å²) in [7, 11) is 0. The molecule has 0 amide bonds. The van der Waals surface area contributed by atoms with Crippen molar-refractivity contribution in [1.29, 1.82) is 0 Å². The van der Waals surface area contributed by atoms with Gasteiger partial charge in [0.05, 0.1) is 17.7 Å². The van der Waals surface area contributed by atoms with Crippen molar-refractivity contribution in [3.63, 3.8) is 0 Å². The number of Topliss-reactive ketones (excluding diaryl/α,β-unsaturated/α-hetero) is 1. The minimum atomic E-state index is -0.337. The van der Waals surface area contributed by atoms with Gasteiger partial charge in [-0.2, -0.15) is 0 Å². The Hall–Kier alpha value is -3.08. The Bertz CT molecular complexity index is 1140. The molecule has 3 nitrogen and oxygen atoms in total. The molecule has 1 aliphatic heterocycles. The normalized spacial score (nSPS) is 22.8. The summed E-state index contributed by atoms with van der Waals surface area (Å²) in [5.74, 6) is -0.693. The van der Waals surface area contributed by atoms with E-state index in [9.17, 15) is 13.6 Å². The van der Waals surface area contributed by atoms with Crippen molar-refractivity contribution in [3.05, 3.63) is 83.3 Å². The van der Waals surface area contributed by atoms with Crippen molar-refractivity contribution in [1.82, 2.24) is 9.55 Å². The van der Waals surface area contributed by atoms with E-state index >= 15 is 0 Å². The lowest BCUT2D eigenvalue weighted by Crippen LogP contribution is -2.43. The molecular formula is C25H22F2N2O. The van der Waals surface area contributed by atoms with Crippen LogP contribution >= 0.6 is 0 Å². The number of imidazole rings is 1. The van der Waals surface area contributed by atoms with Crippen LogP contribution in [0.15, 0.2) is 60.4 Å². The first-order chi connectivity index (χ1) is 14.5. The zero-order valence-corrected chi connectivity index (χ0v) is 16.7. The molecule has 152 valence electrons. The molecule has 1 aromatic heterocycles. The number of aromatic nitrogens is 2. The van der Waals surface area contributed by atoms with Crippen molar-refractivity contribution in [3.8, 4) is 11.3 Å². The Morgan fingerprint density at radius 3 is 2.43 bits per heavy atom. The molecule has 0 N–H and O–H groups in total. The third-order valence-corrected chi connectivity index (χ3v) is 6.69. The summed E-state index contributed by atoms with van der Waals surface area (Å²) < 4.78 is 28.7. The molecule has 0 unspecified atom stereocenters. The predicted octanol–water partition coefficient (Wildman–Crippen LogP) is 5.91. The van der Waals surface area contributed by atoms with Crippen LogP contribution in [0.25, 0.3) is 17.3 Å². The second-order valence-electron chi connectivity index (χ2n) is 8.52. The molecule has 1 fully saturated rings. The summed E-state index contributed by atoms with van der Waals surface area (Å²) in [6, 6.07) is 12.2. The topological polar surface area (TPSA) is 34.9 Å². The summed E-state index contributed by atoms with van der Waals surface area (Å²) in [4.78, 5) is 17.9. The fraction of sp³-hybridized carbons (Fsp3) is 0.280. The Morgan fingerprint density at radius 1 is 1.07 bits per heavy atom. The molecule has 5 heteroatoms. The highest BCUT2D eigenvalue weighted by atomic mass is 19.1. The SMILES string of the molecule is C[C@]12Cn3cnc(-c4ccc(F)cc4)c3C=C1CCC[C@@H]2C(=O)c1ccc(F)cc1. The standard InChI is InChI=1S/C25H22F2N2O/c1-25-14-29-15-28-23(16-5-9-19(26)10-6-16)22(29)13-18(25)3-2-4-21(25)24(30)17-7-11-20(27)12-8-17/h5-13,15,21H,2-4,14H2,1H3/t21-,25+/m1/s1. The number of hydrogen-bond donors (Lipinski definition) is 0. The number of benzene rings is 2. The molecule has 0 bridgehead atoms. The van der Waals surface area contributed by atoms with Crippen molar-refractivity contribution < 1.29 is 13.6 Å². The summed E-state index contributed by atoms with van der Waals surface area (Å²) in [6.07, 6.45) is 6.68. The molecule has 2 heterocycles. The highest BCUT2D eigenvalue weighted by Gasteiger charge is 2.46. The smallest absolute Gasteiger partial charge is 0.166 e. The van der Waals surface area contributed by atoms with E-state index in [0.29, 0.717) is 12.1 Å². The van der Waals surface area contributed by atoms with Crippen LogP contribution in [0.1, 0.15) is 42.2 Å². The van der Waals surface area contributed by atoms with E-state index in [2.05, 4.69) is 22.6 Å². The van der Waals surface area contributed by atoms with Crippen LogP contribution in [0, 0.1) is 23.0 Å². The van der Waals surface area contributed by atoms with E-state index in [4.69, 9.17) is 0 Å². The van der Waals surface area contributed by atoms with Crippen LogP contribution in [0.3, 0.4) is 0 Å². The van der Waals surface area contributed by atoms with Gasteiger partial charge in [0.25, 0.3) is 0 Å². The molecule has 2 aromatic carbocycles. The number of allylic oxidation sites excluding steroid dienone is 1. The fourth-order valence-electron chi connectivity index (χ4n) is 5.03. The zero-order valence-electron chi connectivity index (χ0n) is 16.7. The second kappa shape index (κ2) is 7.01. The first-order valence-electron chi connectivity index (χ1n) is 10.3. The maximum absolute atomic E-state index is 13.3. The number of hydrogen-bond acceptors (Lipinski definition) is 2. The number of carbonyl (C=O) groups excluding carboxylic acids is 1. The second-order valence-corrected chi connectivity index (χ2v) is 8.52.